The minimum Gasteiger partial charge on any atom is -0.289 e. The molecule has 0 bridgehead atoms. The van der Waals surface area contributed by atoms with E-state index >= 15 is 0 Å². The van der Waals surface area contributed by atoms with Gasteiger partial charge < -0.3 is 0 Å². The largest absolute Gasteiger partial charge is 0.289 e. The van der Waals surface area contributed by atoms with Crippen molar-refractivity contribution in [1.29, 1.82) is 0 Å². The summed E-state index contributed by atoms with van der Waals surface area (Å²) in [7, 11) is 0. The number of carbonyl (C=O) groups excluding carboxylic acids is 1. The summed E-state index contributed by atoms with van der Waals surface area (Å²) in [6.07, 6.45) is 6.77. The van der Waals surface area contributed by atoms with Gasteiger partial charge in [-0.25, -0.2) is 4.68 Å². The third-order valence-corrected chi connectivity index (χ3v) is 3.29. The molecular weight excluding hydrogens is 274 g/mol. The Morgan fingerprint density at radius 2 is 2.00 bits per heavy atom. The molecule has 22 heavy (non-hydrogen) atoms. The van der Waals surface area contributed by atoms with Gasteiger partial charge >= 0.3 is 0 Å². The standard InChI is InChI=1S/C18H15N3O/c1-14-4-2-5-15(12-14)8-9-18(22)16-6-3-7-17(13-16)21-11-10-19-20-21/h2-13H,1H3/b9-8+. The number of nitrogens with zero attached hydrogens (tertiary/aromatic N) is 3. The predicted molar refractivity (Wildman–Crippen MR) is 85.9 cm³/mol. The average molecular weight is 289 g/mol. The van der Waals surface area contributed by atoms with Crippen molar-refractivity contribution >= 4 is 11.9 Å². The van der Waals surface area contributed by atoms with Crippen LogP contribution in [0, 0.1) is 6.92 Å². The van der Waals surface area contributed by atoms with Gasteiger partial charge in [-0.15, -0.1) is 5.10 Å². The smallest absolute Gasteiger partial charge is 0.185 e. The summed E-state index contributed by atoms with van der Waals surface area (Å²) in [6.45, 7) is 2.03. The second-order valence-electron chi connectivity index (χ2n) is 5.01. The number of benzene rings is 2. The first-order chi connectivity index (χ1) is 10.7. The molecule has 0 saturated carbocycles. The van der Waals surface area contributed by atoms with Crippen molar-refractivity contribution in [2.45, 2.75) is 6.92 Å². The van der Waals surface area contributed by atoms with Crippen molar-refractivity contribution in [3.8, 4) is 5.69 Å². The summed E-state index contributed by atoms with van der Waals surface area (Å²) in [4.78, 5) is 12.3. The van der Waals surface area contributed by atoms with E-state index in [1.807, 2.05) is 49.4 Å². The fourth-order valence-electron chi connectivity index (χ4n) is 2.19. The number of ketones is 1. The molecule has 1 heterocycles. The Balaban J connectivity index is 1.82. The zero-order valence-electron chi connectivity index (χ0n) is 12.2. The SMILES string of the molecule is Cc1cccc(/C=C/C(=O)c2cccc(-n3ccnn3)c2)c1. The topological polar surface area (TPSA) is 47.8 Å². The van der Waals surface area contributed by atoms with Crippen molar-refractivity contribution in [3.63, 3.8) is 0 Å². The van der Waals surface area contributed by atoms with Crippen LogP contribution in [-0.4, -0.2) is 20.8 Å². The van der Waals surface area contributed by atoms with Crippen LogP contribution in [0.15, 0.2) is 67.0 Å². The van der Waals surface area contributed by atoms with Gasteiger partial charge in [0.2, 0.25) is 0 Å². The van der Waals surface area contributed by atoms with Gasteiger partial charge in [0, 0.05) is 5.56 Å². The minimum absolute atomic E-state index is 0.0385. The molecule has 0 saturated heterocycles. The molecule has 4 nitrogen and oxygen atoms in total. The first-order valence-corrected chi connectivity index (χ1v) is 6.98. The van der Waals surface area contributed by atoms with Gasteiger partial charge in [0.1, 0.15) is 0 Å². The monoisotopic (exact) mass is 289 g/mol. The Kier molecular flexibility index (Phi) is 3.92. The Hall–Kier alpha value is -3.01. The number of carbonyl (C=O) groups is 1. The van der Waals surface area contributed by atoms with E-state index in [0.29, 0.717) is 5.56 Å². The summed E-state index contributed by atoms with van der Waals surface area (Å²) in [6, 6.07) is 15.3. The summed E-state index contributed by atoms with van der Waals surface area (Å²) < 4.78 is 1.63. The Morgan fingerprint density at radius 1 is 1.14 bits per heavy atom. The lowest BCUT2D eigenvalue weighted by atomic mass is 10.1. The molecule has 4 heteroatoms. The zero-order valence-corrected chi connectivity index (χ0v) is 12.2. The lowest BCUT2D eigenvalue weighted by Crippen LogP contribution is -1.99. The van der Waals surface area contributed by atoms with Crippen molar-refractivity contribution < 1.29 is 4.79 Å². The molecule has 0 atom stereocenters. The molecule has 0 aliphatic rings. The maximum absolute atomic E-state index is 12.3. The van der Waals surface area contributed by atoms with E-state index < -0.39 is 0 Å². The van der Waals surface area contributed by atoms with Gasteiger partial charge in [0.25, 0.3) is 0 Å². The van der Waals surface area contributed by atoms with Crippen LogP contribution in [0.4, 0.5) is 0 Å². The fraction of sp³-hybridized carbons (Fsp3) is 0.0556. The molecule has 1 aromatic heterocycles. The van der Waals surface area contributed by atoms with Crippen LogP contribution in [0.3, 0.4) is 0 Å². The molecule has 0 N–H and O–H groups in total. The van der Waals surface area contributed by atoms with Crippen LogP contribution in [0.1, 0.15) is 21.5 Å². The molecule has 0 spiro atoms. The lowest BCUT2D eigenvalue weighted by Gasteiger charge is -2.02. The molecule has 0 aliphatic heterocycles. The number of aryl methyl sites for hydroxylation is 1. The molecule has 2 aromatic carbocycles. The van der Waals surface area contributed by atoms with Gasteiger partial charge in [0.15, 0.2) is 5.78 Å². The number of allylic oxidation sites excluding steroid dienone is 1. The van der Waals surface area contributed by atoms with E-state index in [0.717, 1.165) is 11.3 Å². The van der Waals surface area contributed by atoms with Crippen LogP contribution in [0.5, 0.6) is 0 Å². The van der Waals surface area contributed by atoms with Crippen molar-refractivity contribution in [2.75, 3.05) is 0 Å². The van der Waals surface area contributed by atoms with Crippen molar-refractivity contribution in [3.05, 3.63) is 83.7 Å². The highest BCUT2D eigenvalue weighted by atomic mass is 16.1. The van der Waals surface area contributed by atoms with Gasteiger partial charge in [-0.2, -0.15) is 0 Å². The van der Waals surface area contributed by atoms with Crippen LogP contribution < -0.4 is 0 Å². The highest BCUT2D eigenvalue weighted by Crippen LogP contribution is 2.12. The maximum Gasteiger partial charge on any atom is 0.185 e. The van der Waals surface area contributed by atoms with Crippen LogP contribution in [-0.2, 0) is 0 Å². The first kappa shape index (κ1) is 13.9. The second-order valence-corrected chi connectivity index (χ2v) is 5.01. The van der Waals surface area contributed by atoms with E-state index in [1.165, 1.54) is 5.56 Å². The molecule has 3 aromatic rings. The van der Waals surface area contributed by atoms with Crippen molar-refractivity contribution in [2.24, 2.45) is 0 Å². The summed E-state index contributed by atoms with van der Waals surface area (Å²) in [5.41, 5.74) is 3.62. The fourth-order valence-corrected chi connectivity index (χ4v) is 2.19. The molecule has 108 valence electrons. The van der Waals surface area contributed by atoms with Gasteiger partial charge in [-0.3, -0.25) is 4.79 Å². The predicted octanol–water partition coefficient (Wildman–Crippen LogP) is 3.47. The third kappa shape index (κ3) is 3.17. The summed E-state index contributed by atoms with van der Waals surface area (Å²) in [5, 5.41) is 7.70. The van der Waals surface area contributed by atoms with E-state index in [2.05, 4.69) is 10.3 Å². The molecule has 0 aliphatic carbocycles. The van der Waals surface area contributed by atoms with Crippen LogP contribution in [0.2, 0.25) is 0 Å². The maximum atomic E-state index is 12.3. The average Bonchev–Trinajstić information content (AvgIpc) is 3.07. The van der Waals surface area contributed by atoms with Crippen molar-refractivity contribution in [1.82, 2.24) is 15.0 Å². The minimum atomic E-state index is -0.0385. The van der Waals surface area contributed by atoms with Gasteiger partial charge in [-0.05, 0) is 30.7 Å². The number of hydrogen-bond acceptors (Lipinski definition) is 3. The lowest BCUT2D eigenvalue weighted by molar-refractivity contribution is 0.104. The molecule has 0 fully saturated rings. The van der Waals surface area contributed by atoms with Crippen LogP contribution in [0.25, 0.3) is 11.8 Å². The van der Waals surface area contributed by atoms with Gasteiger partial charge in [-0.1, -0.05) is 53.3 Å². The Morgan fingerprint density at radius 3 is 2.77 bits per heavy atom. The van der Waals surface area contributed by atoms with Crippen LogP contribution >= 0.6 is 0 Å². The van der Waals surface area contributed by atoms with E-state index in [4.69, 9.17) is 0 Å². The molecule has 0 amide bonds. The molecular formula is C18H15N3O. The number of aromatic nitrogens is 3. The Labute approximate surface area is 128 Å². The highest BCUT2D eigenvalue weighted by molar-refractivity contribution is 6.07. The molecule has 0 unspecified atom stereocenters. The molecule has 0 radical (unpaired) electrons. The number of rotatable bonds is 4. The zero-order chi connectivity index (χ0) is 15.4. The van der Waals surface area contributed by atoms with E-state index in [9.17, 15) is 4.79 Å². The third-order valence-electron chi connectivity index (χ3n) is 3.29. The number of hydrogen-bond donors (Lipinski definition) is 0. The normalized spacial score (nSPS) is 11.0. The quantitative estimate of drug-likeness (QED) is 0.546. The summed E-state index contributed by atoms with van der Waals surface area (Å²) >= 11 is 0. The first-order valence-electron chi connectivity index (χ1n) is 6.98. The van der Waals surface area contributed by atoms with E-state index in [1.54, 1.807) is 35.3 Å². The summed E-state index contributed by atoms with van der Waals surface area (Å²) in [5.74, 6) is -0.0385. The molecule has 3 rings (SSSR count). The highest BCUT2D eigenvalue weighted by Gasteiger charge is 2.04. The second kappa shape index (κ2) is 6.18. The van der Waals surface area contributed by atoms with E-state index in [-0.39, 0.29) is 5.78 Å². The Bertz CT molecular complexity index is 820. The van der Waals surface area contributed by atoms with Gasteiger partial charge in [0.05, 0.1) is 18.1 Å².